The summed E-state index contributed by atoms with van der Waals surface area (Å²) in [4.78, 5) is 12.3. The number of nitrogens with two attached hydrogens (primary N) is 1. The van der Waals surface area contributed by atoms with E-state index in [9.17, 15) is 13.2 Å². The van der Waals surface area contributed by atoms with Gasteiger partial charge >= 0.3 is 0 Å². The Hall–Kier alpha value is -0.660. The van der Waals surface area contributed by atoms with Crippen molar-refractivity contribution in [3.63, 3.8) is 0 Å². The average molecular weight is 348 g/mol. The zero-order valence-corrected chi connectivity index (χ0v) is 15.6. The summed E-state index contributed by atoms with van der Waals surface area (Å²) < 4.78 is 25.9. The third-order valence-electron chi connectivity index (χ3n) is 4.36. The lowest BCUT2D eigenvalue weighted by atomic mass is 9.96. The molecule has 1 saturated heterocycles. The van der Waals surface area contributed by atoms with Gasteiger partial charge in [0.25, 0.3) is 0 Å². The Labute approximate surface area is 141 Å². The van der Waals surface area contributed by atoms with Crippen molar-refractivity contribution in [2.24, 2.45) is 17.6 Å². The maximum Gasteiger partial charge on any atom is 0.223 e. The fraction of sp³-hybridized carbons (Fsp3) is 0.938. The second-order valence-corrected chi connectivity index (χ2v) is 9.00. The Kier molecular flexibility index (Phi) is 8.50. The van der Waals surface area contributed by atoms with E-state index in [0.29, 0.717) is 44.8 Å². The highest BCUT2D eigenvalue weighted by Crippen LogP contribution is 2.21. The molecule has 1 aliphatic rings. The van der Waals surface area contributed by atoms with Crippen LogP contribution in [0.3, 0.4) is 0 Å². The first kappa shape index (κ1) is 20.4. The molecule has 1 heterocycles. The fourth-order valence-electron chi connectivity index (χ4n) is 2.95. The first-order valence-electron chi connectivity index (χ1n) is 8.78. The molecule has 0 aromatic heterocycles. The molecular weight excluding hydrogens is 314 g/mol. The molecule has 0 aliphatic carbocycles. The Bertz CT molecular complexity index is 457. The first-order valence-corrected chi connectivity index (χ1v) is 10.4. The molecule has 0 spiro atoms. The number of nitrogens with one attached hydrogen (secondary N) is 1. The number of nitrogens with zero attached hydrogens (tertiary/aromatic N) is 1. The van der Waals surface area contributed by atoms with Crippen molar-refractivity contribution >= 4 is 15.9 Å². The van der Waals surface area contributed by atoms with Crippen LogP contribution in [0.15, 0.2) is 0 Å². The van der Waals surface area contributed by atoms with Crippen LogP contribution < -0.4 is 11.1 Å². The summed E-state index contributed by atoms with van der Waals surface area (Å²) in [6.45, 7) is 7.53. The summed E-state index contributed by atoms with van der Waals surface area (Å²) >= 11 is 0. The Balaban J connectivity index is 2.47. The molecule has 0 aromatic carbocycles. The van der Waals surface area contributed by atoms with Crippen molar-refractivity contribution in [3.05, 3.63) is 0 Å². The van der Waals surface area contributed by atoms with Crippen molar-refractivity contribution < 1.29 is 13.2 Å². The van der Waals surface area contributed by atoms with Gasteiger partial charge < -0.3 is 11.1 Å². The van der Waals surface area contributed by atoms with Crippen LogP contribution in [0, 0.1) is 11.8 Å². The molecular formula is C16H33N3O3S. The smallest absolute Gasteiger partial charge is 0.223 e. The zero-order valence-electron chi connectivity index (χ0n) is 14.8. The third kappa shape index (κ3) is 6.77. The molecule has 23 heavy (non-hydrogen) atoms. The standard InChI is InChI=1S/C16H33N3O3S/c1-4-5-10-23(21,22)19-8-6-14(7-9-19)16(20)18-15(12-17)11-13(2)3/h13-15H,4-12,17H2,1-3H3,(H,18,20). The molecule has 6 nitrogen and oxygen atoms in total. The van der Waals surface area contributed by atoms with E-state index in [1.807, 2.05) is 6.92 Å². The maximum absolute atomic E-state index is 12.3. The number of piperidine rings is 1. The number of unbranched alkanes of at least 4 members (excludes halogenated alkanes) is 1. The van der Waals surface area contributed by atoms with E-state index >= 15 is 0 Å². The summed E-state index contributed by atoms with van der Waals surface area (Å²) in [7, 11) is -3.16. The van der Waals surface area contributed by atoms with E-state index < -0.39 is 10.0 Å². The van der Waals surface area contributed by atoms with Crippen molar-refractivity contribution in [3.8, 4) is 0 Å². The molecule has 3 N–H and O–H groups in total. The minimum atomic E-state index is -3.16. The topological polar surface area (TPSA) is 92.5 Å². The highest BCUT2D eigenvalue weighted by atomic mass is 32.2. The van der Waals surface area contributed by atoms with Crippen LogP contribution in [0.5, 0.6) is 0 Å². The summed E-state index contributed by atoms with van der Waals surface area (Å²) in [6, 6.07) is 0.00816. The highest BCUT2D eigenvalue weighted by molar-refractivity contribution is 7.89. The monoisotopic (exact) mass is 347 g/mol. The van der Waals surface area contributed by atoms with Gasteiger partial charge in [-0.25, -0.2) is 12.7 Å². The average Bonchev–Trinajstić information content (AvgIpc) is 2.52. The zero-order chi connectivity index (χ0) is 17.5. The van der Waals surface area contributed by atoms with Crippen molar-refractivity contribution in [2.75, 3.05) is 25.4 Å². The summed E-state index contributed by atoms with van der Waals surface area (Å²) in [6.07, 6.45) is 3.61. The molecule has 0 bridgehead atoms. The van der Waals surface area contributed by atoms with E-state index in [0.717, 1.165) is 12.8 Å². The van der Waals surface area contributed by atoms with E-state index in [2.05, 4.69) is 19.2 Å². The number of carbonyl (C=O) groups is 1. The largest absolute Gasteiger partial charge is 0.352 e. The predicted octanol–water partition coefficient (Wildman–Crippen LogP) is 1.32. The molecule has 1 atom stereocenters. The molecule has 7 heteroatoms. The Morgan fingerprint density at radius 3 is 2.39 bits per heavy atom. The van der Waals surface area contributed by atoms with Gasteiger partial charge in [-0.15, -0.1) is 0 Å². The fourth-order valence-corrected chi connectivity index (χ4v) is 4.63. The van der Waals surface area contributed by atoms with E-state index in [1.165, 1.54) is 0 Å². The Morgan fingerprint density at radius 2 is 1.91 bits per heavy atom. The number of carbonyl (C=O) groups excluding carboxylic acids is 1. The van der Waals surface area contributed by atoms with Gasteiger partial charge in [0.15, 0.2) is 0 Å². The maximum atomic E-state index is 12.3. The number of hydrogen-bond donors (Lipinski definition) is 2. The molecule has 136 valence electrons. The van der Waals surface area contributed by atoms with Crippen LogP contribution in [0.4, 0.5) is 0 Å². The van der Waals surface area contributed by atoms with Crippen LogP contribution in [0.1, 0.15) is 52.9 Å². The van der Waals surface area contributed by atoms with Crippen LogP contribution >= 0.6 is 0 Å². The second-order valence-electron chi connectivity index (χ2n) is 6.91. The minimum absolute atomic E-state index is 0.00816. The SMILES string of the molecule is CCCCS(=O)(=O)N1CCC(C(=O)NC(CN)CC(C)C)CC1. The normalized spacial score (nSPS) is 19.0. The van der Waals surface area contributed by atoms with Gasteiger partial charge in [0.05, 0.1) is 5.75 Å². The minimum Gasteiger partial charge on any atom is -0.352 e. The first-order chi connectivity index (χ1) is 10.8. The van der Waals surface area contributed by atoms with Crippen LogP contribution in [-0.4, -0.2) is 50.1 Å². The van der Waals surface area contributed by atoms with E-state index in [1.54, 1.807) is 4.31 Å². The third-order valence-corrected chi connectivity index (χ3v) is 6.32. The lowest BCUT2D eigenvalue weighted by Crippen LogP contribution is -2.47. The lowest BCUT2D eigenvalue weighted by molar-refractivity contribution is -0.126. The lowest BCUT2D eigenvalue weighted by Gasteiger charge is -2.31. The molecule has 1 amide bonds. The highest BCUT2D eigenvalue weighted by Gasteiger charge is 2.31. The van der Waals surface area contributed by atoms with Crippen molar-refractivity contribution in [1.82, 2.24) is 9.62 Å². The van der Waals surface area contributed by atoms with E-state index in [-0.39, 0.29) is 23.6 Å². The van der Waals surface area contributed by atoms with Gasteiger partial charge in [-0.3, -0.25) is 4.79 Å². The van der Waals surface area contributed by atoms with Gasteiger partial charge in [-0.05, 0) is 31.6 Å². The van der Waals surface area contributed by atoms with Crippen molar-refractivity contribution in [2.45, 2.75) is 58.9 Å². The van der Waals surface area contributed by atoms with Gasteiger partial charge in [0, 0.05) is 31.6 Å². The molecule has 0 aromatic rings. The van der Waals surface area contributed by atoms with E-state index in [4.69, 9.17) is 5.73 Å². The number of sulfonamides is 1. The molecule has 1 fully saturated rings. The summed E-state index contributed by atoms with van der Waals surface area (Å²) in [5.41, 5.74) is 5.72. The van der Waals surface area contributed by atoms with Gasteiger partial charge in [-0.2, -0.15) is 0 Å². The second kappa shape index (κ2) is 9.59. The number of amides is 1. The molecule has 0 saturated carbocycles. The van der Waals surface area contributed by atoms with Crippen LogP contribution in [0.25, 0.3) is 0 Å². The number of rotatable bonds is 9. The molecule has 1 rings (SSSR count). The Morgan fingerprint density at radius 1 is 1.30 bits per heavy atom. The molecule has 1 unspecified atom stereocenters. The quantitative estimate of drug-likeness (QED) is 0.658. The molecule has 1 aliphatic heterocycles. The summed E-state index contributed by atoms with van der Waals surface area (Å²) in [5, 5.41) is 3.02. The van der Waals surface area contributed by atoms with Gasteiger partial charge in [0.1, 0.15) is 0 Å². The van der Waals surface area contributed by atoms with Crippen LogP contribution in [0.2, 0.25) is 0 Å². The predicted molar refractivity (Wildman–Crippen MR) is 93.4 cm³/mol. The number of hydrogen-bond acceptors (Lipinski definition) is 4. The summed E-state index contributed by atoms with van der Waals surface area (Å²) in [5.74, 6) is 0.610. The van der Waals surface area contributed by atoms with Gasteiger partial charge in [0.2, 0.25) is 15.9 Å². The van der Waals surface area contributed by atoms with Crippen LogP contribution in [-0.2, 0) is 14.8 Å². The van der Waals surface area contributed by atoms with Gasteiger partial charge in [-0.1, -0.05) is 27.2 Å². The molecule has 0 radical (unpaired) electrons. The van der Waals surface area contributed by atoms with Crippen molar-refractivity contribution in [1.29, 1.82) is 0 Å².